The van der Waals surface area contributed by atoms with Gasteiger partial charge in [0.25, 0.3) is 0 Å². The number of hydrogen-bond donors (Lipinski definition) is 3. The summed E-state index contributed by atoms with van der Waals surface area (Å²) in [6.45, 7) is 3.77. The van der Waals surface area contributed by atoms with Crippen LogP contribution in [0.1, 0.15) is 11.1 Å². The number of nitrogens with zero attached hydrogens (tertiary/aromatic N) is 3. The Morgan fingerprint density at radius 3 is 2.65 bits per heavy atom. The van der Waals surface area contributed by atoms with E-state index in [-0.39, 0.29) is 24.1 Å². The molecule has 2 amide bonds. The van der Waals surface area contributed by atoms with Crippen LogP contribution in [0.4, 0.5) is 5.69 Å². The van der Waals surface area contributed by atoms with Gasteiger partial charge in [-0.25, -0.2) is 4.68 Å². The van der Waals surface area contributed by atoms with E-state index < -0.39 is 0 Å². The number of hydrogen-bond acceptors (Lipinski definition) is 7. The lowest BCUT2D eigenvalue weighted by atomic mass is 10.1. The number of aromatic nitrogens is 3. The SMILES string of the molecule is COc1ccccc1-c1nnc(SCC(=O)NCC(=O)Nc2cccc(C)c2C)n1N. The molecule has 0 radical (unpaired) electrons. The topological polar surface area (TPSA) is 124 Å². The van der Waals surface area contributed by atoms with Gasteiger partial charge >= 0.3 is 0 Å². The summed E-state index contributed by atoms with van der Waals surface area (Å²) < 4.78 is 6.64. The van der Waals surface area contributed by atoms with Gasteiger partial charge in [0.05, 0.1) is 25.0 Å². The monoisotopic (exact) mass is 440 g/mol. The standard InChI is InChI=1S/C21H24N6O3S/c1-13-7-6-9-16(14(13)2)24-18(28)11-23-19(29)12-31-21-26-25-20(27(21)22)15-8-4-5-10-17(15)30-3/h4-10H,11-12,22H2,1-3H3,(H,23,29)(H,24,28). The van der Waals surface area contributed by atoms with Gasteiger partial charge in [0.2, 0.25) is 17.0 Å². The van der Waals surface area contributed by atoms with Gasteiger partial charge in [0.15, 0.2) is 5.82 Å². The van der Waals surface area contributed by atoms with Crippen molar-refractivity contribution in [3.05, 3.63) is 53.6 Å². The number of nitrogens with one attached hydrogen (secondary N) is 2. The third-order valence-corrected chi connectivity index (χ3v) is 5.61. The smallest absolute Gasteiger partial charge is 0.243 e. The molecule has 0 spiro atoms. The predicted molar refractivity (Wildman–Crippen MR) is 120 cm³/mol. The number of carbonyl (C=O) groups is 2. The normalized spacial score (nSPS) is 10.5. The maximum absolute atomic E-state index is 12.2. The molecule has 0 unspecified atom stereocenters. The van der Waals surface area contributed by atoms with E-state index >= 15 is 0 Å². The number of aryl methyl sites for hydroxylation is 1. The molecule has 0 aliphatic heterocycles. The fourth-order valence-corrected chi connectivity index (χ4v) is 3.52. The molecule has 0 saturated carbocycles. The molecule has 0 saturated heterocycles. The molecule has 0 atom stereocenters. The van der Waals surface area contributed by atoms with E-state index in [0.29, 0.717) is 22.3 Å². The summed E-state index contributed by atoms with van der Waals surface area (Å²) in [5.74, 6) is 6.56. The first kappa shape index (κ1) is 22.2. The second-order valence-electron chi connectivity index (χ2n) is 6.74. The largest absolute Gasteiger partial charge is 0.496 e. The fourth-order valence-electron chi connectivity index (χ4n) is 2.83. The number of carbonyl (C=O) groups excluding carboxylic acids is 2. The lowest BCUT2D eigenvalue weighted by Gasteiger charge is -2.11. The Morgan fingerprint density at radius 1 is 1.10 bits per heavy atom. The van der Waals surface area contributed by atoms with Crippen molar-refractivity contribution < 1.29 is 14.3 Å². The highest BCUT2D eigenvalue weighted by molar-refractivity contribution is 7.99. The zero-order chi connectivity index (χ0) is 22.4. The molecule has 1 heterocycles. The van der Waals surface area contributed by atoms with Crippen molar-refractivity contribution in [1.29, 1.82) is 0 Å². The summed E-state index contributed by atoms with van der Waals surface area (Å²) in [7, 11) is 1.56. The first-order valence-corrected chi connectivity index (χ1v) is 10.5. The molecule has 31 heavy (non-hydrogen) atoms. The van der Waals surface area contributed by atoms with E-state index in [9.17, 15) is 9.59 Å². The van der Waals surface area contributed by atoms with E-state index in [1.807, 2.05) is 50.2 Å². The van der Waals surface area contributed by atoms with Crippen molar-refractivity contribution in [2.24, 2.45) is 0 Å². The van der Waals surface area contributed by atoms with Crippen molar-refractivity contribution in [3.8, 4) is 17.1 Å². The molecule has 3 rings (SSSR count). The number of nitrogens with two attached hydrogens (primary N) is 1. The average Bonchev–Trinajstić information content (AvgIpc) is 3.14. The molecule has 162 valence electrons. The molecular formula is C21H24N6O3S. The van der Waals surface area contributed by atoms with Gasteiger partial charge in [-0.15, -0.1) is 10.2 Å². The third-order valence-electron chi connectivity index (χ3n) is 4.67. The first-order chi connectivity index (χ1) is 14.9. The van der Waals surface area contributed by atoms with E-state index in [0.717, 1.165) is 28.6 Å². The van der Waals surface area contributed by atoms with Crippen molar-refractivity contribution >= 4 is 29.3 Å². The number of rotatable bonds is 8. The quantitative estimate of drug-likeness (QED) is 0.362. The predicted octanol–water partition coefficient (Wildman–Crippen LogP) is 2.13. The summed E-state index contributed by atoms with van der Waals surface area (Å²) in [6, 6.07) is 13.0. The van der Waals surface area contributed by atoms with Crippen molar-refractivity contribution in [3.63, 3.8) is 0 Å². The van der Waals surface area contributed by atoms with Gasteiger partial charge < -0.3 is 21.2 Å². The zero-order valence-corrected chi connectivity index (χ0v) is 18.3. The van der Waals surface area contributed by atoms with Crippen molar-refractivity contribution in [2.75, 3.05) is 30.6 Å². The van der Waals surface area contributed by atoms with Crippen LogP contribution >= 0.6 is 11.8 Å². The van der Waals surface area contributed by atoms with Crippen LogP contribution in [-0.2, 0) is 9.59 Å². The zero-order valence-electron chi connectivity index (χ0n) is 17.5. The second-order valence-corrected chi connectivity index (χ2v) is 7.68. The Kier molecular flexibility index (Phi) is 7.14. The molecule has 1 aromatic heterocycles. The molecule has 0 aliphatic carbocycles. The van der Waals surface area contributed by atoms with Crippen LogP contribution in [-0.4, -0.2) is 46.1 Å². The highest BCUT2D eigenvalue weighted by Gasteiger charge is 2.17. The second kappa shape index (κ2) is 9.98. The molecular weight excluding hydrogens is 416 g/mol. The molecule has 0 fully saturated rings. The Labute approximate surface area is 184 Å². The number of ether oxygens (including phenoxy) is 1. The molecule has 4 N–H and O–H groups in total. The van der Waals surface area contributed by atoms with Gasteiger partial charge in [-0.3, -0.25) is 9.59 Å². The molecule has 0 bridgehead atoms. The van der Waals surface area contributed by atoms with Gasteiger partial charge in [0.1, 0.15) is 5.75 Å². The van der Waals surface area contributed by atoms with Crippen molar-refractivity contribution in [1.82, 2.24) is 20.2 Å². The lowest BCUT2D eigenvalue weighted by molar-refractivity contribution is -0.122. The first-order valence-electron chi connectivity index (χ1n) is 9.50. The number of methoxy groups -OCH3 is 1. The Hall–Kier alpha value is -3.53. The summed E-state index contributed by atoms with van der Waals surface area (Å²) >= 11 is 1.12. The summed E-state index contributed by atoms with van der Waals surface area (Å²) in [5, 5.41) is 13.9. The minimum Gasteiger partial charge on any atom is -0.496 e. The van der Waals surface area contributed by atoms with E-state index in [1.165, 1.54) is 4.68 Å². The van der Waals surface area contributed by atoms with Gasteiger partial charge in [-0.05, 0) is 43.2 Å². The number of amides is 2. The highest BCUT2D eigenvalue weighted by Crippen LogP contribution is 2.29. The molecule has 0 aliphatic rings. The van der Waals surface area contributed by atoms with Gasteiger partial charge in [0, 0.05) is 5.69 Å². The molecule has 10 heteroatoms. The minimum absolute atomic E-state index is 0.0397. The van der Waals surface area contributed by atoms with E-state index in [4.69, 9.17) is 10.6 Å². The number of para-hydroxylation sites is 1. The number of thioether (sulfide) groups is 1. The van der Waals surface area contributed by atoms with Crippen LogP contribution in [0.2, 0.25) is 0 Å². The maximum atomic E-state index is 12.2. The lowest BCUT2D eigenvalue weighted by Crippen LogP contribution is -2.34. The van der Waals surface area contributed by atoms with E-state index in [2.05, 4.69) is 20.8 Å². The van der Waals surface area contributed by atoms with Crippen LogP contribution in [0.3, 0.4) is 0 Å². The summed E-state index contributed by atoms with van der Waals surface area (Å²) in [6.07, 6.45) is 0. The summed E-state index contributed by atoms with van der Waals surface area (Å²) in [5.41, 5.74) is 3.50. The van der Waals surface area contributed by atoms with E-state index in [1.54, 1.807) is 13.2 Å². The minimum atomic E-state index is -0.317. The number of nitrogen functional groups attached to an aromatic ring is 1. The number of benzene rings is 2. The highest BCUT2D eigenvalue weighted by atomic mass is 32.2. The maximum Gasteiger partial charge on any atom is 0.243 e. The van der Waals surface area contributed by atoms with Crippen molar-refractivity contribution in [2.45, 2.75) is 19.0 Å². The van der Waals surface area contributed by atoms with Crippen LogP contribution in [0, 0.1) is 13.8 Å². The Bertz CT molecular complexity index is 1100. The third kappa shape index (κ3) is 5.34. The van der Waals surface area contributed by atoms with Crippen LogP contribution in [0.25, 0.3) is 11.4 Å². The van der Waals surface area contributed by atoms with Crippen LogP contribution in [0.15, 0.2) is 47.6 Å². The fraction of sp³-hybridized carbons (Fsp3) is 0.238. The molecule has 3 aromatic rings. The number of anilines is 1. The Balaban J connectivity index is 1.53. The Morgan fingerprint density at radius 2 is 1.87 bits per heavy atom. The molecule has 9 nitrogen and oxygen atoms in total. The van der Waals surface area contributed by atoms with Crippen LogP contribution in [0.5, 0.6) is 5.75 Å². The van der Waals surface area contributed by atoms with Gasteiger partial charge in [-0.2, -0.15) is 0 Å². The average molecular weight is 441 g/mol. The van der Waals surface area contributed by atoms with Crippen LogP contribution < -0.4 is 21.2 Å². The van der Waals surface area contributed by atoms with Gasteiger partial charge in [-0.1, -0.05) is 36.0 Å². The summed E-state index contributed by atoms with van der Waals surface area (Å²) in [4.78, 5) is 24.3. The molecule has 2 aromatic carbocycles.